The van der Waals surface area contributed by atoms with Crippen molar-refractivity contribution in [3.8, 4) is 0 Å². The van der Waals surface area contributed by atoms with Gasteiger partial charge in [0.05, 0.1) is 6.10 Å². The number of aliphatic hydroxyl groups excluding tert-OH is 1. The standard InChI is InChI=1S/C14H20Br2O/c1-9(2)6-10(3)7-14(17)12-8-11(15)4-5-13(12)16/h4-5,8-10,14,17H,6-7H2,1-3H3. The first-order valence-electron chi connectivity index (χ1n) is 6.03. The van der Waals surface area contributed by atoms with Gasteiger partial charge in [-0.15, -0.1) is 0 Å². The van der Waals surface area contributed by atoms with Crippen molar-refractivity contribution in [3.63, 3.8) is 0 Å². The number of hydrogen-bond acceptors (Lipinski definition) is 1. The summed E-state index contributed by atoms with van der Waals surface area (Å²) >= 11 is 6.93. The smallest absolute Gasteiger partial charge is 0.0803 e. The quantitative estimate of drug-likeness (QED) is 0.750. The molecule has 0 amide bonds. The van der Waals surface area contributed by atoms with Gasteiger partial charge < -0.3 is 5.11 Å². The molecule has 1 aromatic rings. The number of halogens is 2. The third kappa shape index (κ3) is 5.11. The molecule has 1 N–H and O–H groups in total. The van der Waals surface area contributed by atoms with Crippen molar-refractivity contribution in [3.05, 3.63) is 32.7 Å². The molecule has 2 unspecified atom stereocenters. The van der Waals surface area contributed by atoms with Gasteiger partial charge in [0.2, 0.25) is 0 Å². The third-order valence-electron chi connectivity index (χ3n) is 2.82. The molecule has 0 saturated carbocycles. The van der Waals surface area contributed by atoms with Crippen molar-refractivity contribution in [2.24, 2.45) is 11.8 Å². The lowest BCUT2D eigenvalue weighted by atomic mass is 9.91. The predicted molar refractivity (Wildman–Crippen MR) is 80.0 cm³/mol. The van der Waals surface area contributed by atoms with E-state index in [9.17, 15) is 5.11 Å². The highest BCUT2D eigenvalue weighted by Gasteiger charge is 2.16. The van der Waals surface area contributed by atoms with Crippen LogP contribution in [-0.2, 0) is 0 Å². The van der Waals surface area contributed by atoms with Crippen molar-refractivity contribution >= 4 is 31.9 Å². The van der Waals surface area contributed by atoms with Crippen LogP contribution in [0.1, 0.15) is 45.3 Å². The molecule has 0 bridgehead atoms. The Balaban J connectivity index is 2.69. The number of rotatable bonds is 5. The van der Waals surface area contributed by atoms with Crippen molar-refractivity contribution in [2.75, 3.05) is 0 Å². The van der Waals surface area contributed by atoms with Crippen LogP contribution in [0.25, 0.3) is 0 Å². The summed E-state index contributed by atoms with van der Waals surface area (Å²) in [7, 11) is 0. The SMILES string of the molecule is CC(C)CC(C)CC(O)c1cc(Br)ccc1Br. The van der Waals surface area contributed by atoms with E-state index in [1.54, 1.807) is 0 Å². The lowest BCUT2D eigenvalue weighted by Gasteiger charge is -2.19. The highest BCUT2D eigenvalue weighted by Crippen LogP contribution is 2.31. The summed E-state index contributed by atoms with van der Waals surface area (Å²) in [6, 6.07) is 5.92. The Morgan fingerprint density at radius 1 is 1.12 bits per heavy atom. The van der Waals surface area contributed by atoms with E-state index in [1.165, 1.54) is 0 Å². The molecule has 1 rings (SSSR count). The molecule has 1 aromatic carbocycles. The maximum absolute atomic E-state index is 10.3. The van der Waals surface area contributed by atoms with E-state index >= 15 is 0 Å². The van der Waals surface area contributed by atoms with Crippen molar-refractivity contribution in [1.29, 1.82) is 0 Å². The Morgan fingerprint density at radius 2 is 1.76 bits per heavy atom. The zero-order valence-corrected chi connectivity index (χ0v) is 13.8. The minimum atomic E-state index is -0.393. The van der Waals surface area contributed by atoms with Gasteiger partial charge in [0.15, 0.2) is 0 Å². The number of hydrogen-bond donors (Lipinski definition) is 1. The third-order valence-corrected chi connectivity index (χ3v) is 4.03. The highest BCUT2D eigenvalue weighted by molar-refractivity contribution is 9.11. The van der Waals surface area contributed by atoms with Crippen LogP contribution in [0.5, 0.6) is 0 Å². The van der Waals surface area contributed by atoms with E-state index < -0.39 is 6.10 Å². The Bertz CT molecular complexity index is 363. The Kier molecular flexibility index (Phi) is 6.18. The second-order valence-electron chi connectivity index (χ2n) is 5.15. The summed E-state index contributed by atoms with van der Waals surface area (Å²) in [5, 5.41) is 10.3. The zero-order valence-electron chi connectivity index (χ0n) is 10.6. The Labute approximate surface area is 121 Å². The molecule has 0 aliphatic rings. The van der Waals surface area contributed by atoms with Crippen LogP contribution in [0.15, 0.2) is 27.1 Å². The molecule has 0 saturated heterocycles. The first kappa shape index (κ1) is 15.2. The fourth-order valence-corrected chi connectivity index (χ4v) is 3.07. The van der Waals surface area contributed by atoms with Gasteiger partial charge in [-0.1, -0.05) is 52.6 Å². The molecular weight excluding hydrogens is 344 g/mol. The first-order valence-corrected chi connectivity index (χ1v) is 7.61. The van der Waals surface area contributed by atoms with Gasteiger partial charge in [0.1, 0.15) is 0 Å². The highest BCUT2D eigenvalue weighted by atomic mass is 79.9. The van der Waals surface area contributed by atoms with Crippen LogP contribution in [0, 0.1) is 11.8 Å². The topological polar surface area (TPSA) is 20.2 Å². The minimum Gasteiger partial charge on any atom is -0.388 e. The number of benzene rings is 1. The van der Waals surface area contributed by atoms with E-state index in [0.717, 1.165) is 27.4 Å². The molecular formula is C14H20Br2O. The maximum atomic E-state index is 10.3. The molecule has 3 heteroatoms. The van der Waals surface area contributed by atoms with E-state index in [-0.39, 0.29) is 0 Å². The summed E-state index contributed by atoms with van der Waals surface area (Å²) in [6.45, 7) is 6.64. The molecule has 0 aliphatic carbocycles. The van der Waals surface area contributed by atoms with Crippen LogP contribution in [-0.4, -0.2) is 5.11 Å². The predicted octanol–water partition coefficient (Wildman–Crippen LogP) is 5.32. The summed E-state index contributed by atoms with van der Waals surface area (Å²) in [6.07, 6.45) is 1.58. The van der Waals surface area contributed by atoms with Gasteiger partial charge in [0, 0.05) is 8.95 Å². The fourth-order valence-electron chi connectivity index (χ4n) is 2.18. The van der Waals surface area contributed by atoms with Crippen LogP contribution in [0.3, 0.4) is 0 Å². The molecule has 0 spiro atoms. The van der Waals surface area contributed by atoms with Gasteiger partial charge >= 0.3 is 0 Å². The van der Waals surface area contributed by atoms with E-state index in [0.29, 0.717) is 11.8 Å². The molecule has 2 atom stereocenters. The minimum absolute atomic E-state index is 0.393. The van der Waals surface area contributed by atoms with Gasteiger partial charge in [-0.05, 0) is 48.4 Å². The van der Waals surface area contributed by atoms with E-state index in [1.807, 2.05) is 18.2 Å². The second kappa shape index (κ2) is 6.91. The summed E-state index contributed by atoms with van der Waals surface area (Å²) in [5.41, 5.74) is 0.968. The summed E-state index contributed by atoms with van der Waals surface area (Å²) in [4.78, 5) is 0. The first-order chi connectivity index (χ1) is 7.90. The van der Waals surface area contributed by atoms with Crippen molar-refractivity contribution in [2.45, 2.75) is 39.7 Å². The zero-order chi connectivity index (χ0) is 13.0. The van der Waals surface area contributed by atoms with Crippen LogP contribution in [0.4, 0.5) is 0 Å². The van der Waals surface area contributed by atoms with E-state index in [4.69, 9.17) is 0 Å². The molecule has 96 valence electrons. The van der Waals surface area contributed by atoms with Crippen LogP contribution in [0.2, 0.25) is 0 Å². The van der Waals surface area contributed by atoms with Gasteiger partial charge in [-0.3, -0.25) is 0 Å². The van der Waals surface area contributed by atoms with Crippen molar-refractivity contribution in [1.82, 2.24) is 0 Å². The average molecular weight is 364 g/mol. The van der Waals surface area contributed by atoms with Gasteiger partial charge in [0.25, 0.3) is 0 Å². The summed E-state index contributed by atoms with van der Waals surface area (Å²) in [5.74, 6) is 1.22. The van der Waals surface area contributed by atoms with Crippen LogP contribution < -0.4 is 0 Å². The molecule has 17 heavy (non-hydrogen) atoms. The van der Waals surface area contributed by atoms with Crippen LogP contribution >= 0.6 is 31.9 Å². The molecule has 0 aliphatic heterocycles. The lowest BCUT2D eigenvalue weighted by Crippen LogP contribution is -2.07. The monoisotopic (exact) mass is 362 g/mol. The van der Waals surface area contributed by atoms with Crippen molar-refractivity contribution < 1.29 is 5.11 Å². The lowest BCUT2D eigenvalue weighted by molar-refractivity contribution is 0.141. The van der Waals surface area contributed by atoms with E-state index in [2.05, 4.69) is 52.6 Å². The molecule has 0 heterocycles. The van der Waals surface area contributed by atoms with Gasteiger partial charge in [-0.2, -0.15) is 0 Å². The number of aliphatic hydroxyl groups is 1. The Morgan fingerprint density at radius 3 is 2.35 bits per heavy atom. The Hall–Kier alpha value is 0.140. The molecule has 0 radical (unpaired) electrons. The molecule has 0 fully saturated rings. The molecule has 0 aromatic heterocycles. The largest absolute Gasteiger partial charge is 0.388 e. The maximum Gasteiger partial charge on any atom is 0.0803 e. The second-order valence-corrected chi connectivity index (χ2v) is 6.92. The average Bonchev–Trinajstić information content (AvgIpc) is 2.20. The normalized spacial score (nSPS) is 15.0. The fraction of sp³-hybridized carbons (Fsp3) is 0.571. The van der Waals surface area contributed by atoms with Gasteiger partial charge in [-0.25, -0.2) is 0 Å². The summed E-state index contributed by atoms with van der Waals surface area (Å²) < 4.78 is 1.98. The molecule has 1 nitrogen and oxygen atoms in total.